The summed E-state index contributed by atoms with van der Waals surface area (Å²) < 4.78 is 27.9. The second-order valence-corrected chi connectivity index (χ2v) is 12.5. The van der Waals surface area contributed by atoms with E-state index in [1.807, 2.05) is 12.1 Å². The van der Waals surface area contributed by atoms with Crippen LogP contribution in [-0.2, 0) is 27.7 Å². The Bertz CT molecular complexity index is 896. The number of nitrogens with zero attached hydrogens (tertiary/aromatic N) is 2. The second kappa shape index (κ2) is 8.27. The number of fused-ring (bicyclic) bond motifs is 1. The fourth-order valence-electron chi connectivity index (χ4n) is 5.48. The molecule has 0 saturated carbocycles. The molecule has 0 bridgehead atoms. The first kappa shape index (κ1) is 21.8. The number of benzene rings is 1. The SMILES string of the molecule is CC(C)(C)CC1CCCN1C(=O)C1CCN(S(=O)(=O)c2ccc3c(c2)CCC3)CC1. The Morgan fingerprint density at radius 3 is 2.40 bits per heavy atom. The molecule has 6 heteroatoms. The molecular weight excluding hydrogens is 396 g/mol. The predicted molar refractivity (Wildman–Crippen MR) is 119 cm³/mol. The molecule has 2 fully saturated rings. The number of piperidine rings is 1. The van der Waals surface area contributed by atoms with Crippen molar-refractivity contribution >= 4 is 15.9 Å². The summed E-state index contributed by atoms with van der Waals surface area (Å²) in [5, 5.41) is 0. The fourth-order valence-corrected chi connectivity index (χ4v) is 7.00. The van der Waals surface area contributed by atoms with Crippen LogP contribution < -0.4 is 0 Å². The van der Waals surface area contributed by atoms with Gasteiger partial charge in [0.2, 0.25) is 15.9 Å². The van der Waals surface area contributed by atoms with Crippen LogP contribution >= 0.6 is 0 Å². The highest BCUT2D eigenvalue weighted by atomic mass is 32.2. The van der Waals surface area contributed by atoms with Gasteiger partial charge >= 0.3 is 0 Å². The topological polar surface area (TPSA) is 57.7 Å². The lowest BCUT2D eigenvalue weighted by Gasteiger charge is -2.36. The molecule has 0 radical (unpaired) electrons. The molecule has 1 amide bonds. The van der Waals surface area contributed by atoms with Crippen molar-refractivity contribution in [2.75, 3.05) is 19.6 Å². The third-order valence-electron chi connectivity index (χ3n) is 7.02. The van der Waals surface area contributed by atoms with Crippen molar-refractivity contribution in [1.29, 1.82) is 0 Å². The van der Waals surface area contributed by atoms with Gasteiger partial charge < -0.3 is 4.90 Å². The van der Waals surface area contributed by atoms with Crippen molar-refractivity contribution in [2.45, 2.75) is 83.1 Å². The van der Waals surface area contributed by atoms with E-state index in [2.05, 4.69) is 25.7 Å². The summed E-state index contributed by atoms with van der Waals surface area (Å²) >= 11 is 0. The lowest BCUT2D eigenvalue weighted by atomic mass is 9.86. The Morgan fingerprint density at radius 2 is 1.70 bits per heavy atom. The molecule has 1 aromatic carbocycles. The van der Waals surface area contributed by atoms with Gasteiger partial charge in [0.1, 0.15) is 0 Å². The largest absolute Gasteiger partial charge is 0.339 e. The average molecular weight is 433 g/mol. The van der Waals surface area contributed by atoms with Gasteiger partial charge in [0.15, 0.2) is 0 Å². The first-order chi connectivity index (χ1) is 14.1. The third kappa shape index (κ3) is 4.45. The molecule has 30 heavy (non-hydrogen) atoms. The number of aryl methyl sites for hydroxylation is 2. The van der Waals surface area contributed by atoms with Gasteiger partial charge in [-0.25, -0.2) is 8.42 Å². The molecule has 2 aliphatic heterocycles. The summed E-state index contributed by atoms with van der Waals surface area (Å²) in [7, 11) is -3.48. The van der Waals surface area contributed by atoms with E-state index in [9.17, 15) is 13.2 Å². The highest BCUT2D eigenvalue weighted by molar-refractivity contribution is 7.89. The highest BCUT2D eigenvalue weighted by Crippen LogP contribution is 2.33. The van der Waals surface area contributed by atoms with E-state index in [0.29, 0.717) is 36.9 Å². The number of rotatable bonds is 4. The average Bonchev–Trinajstić information content (AvgIpc) is 3.34. The molecule has 5 nitrogen and oxygen atoms in total. The number of carbonyl (C=O) groups excluding carboxylic acids is 1. The summed E-state index contributed by atoms with van der Waals surface area (Å²) in [6, 6.07) is 5.95. The van der Waals surface area contributed by atoms with Crippen LogP contribution in [0.4, 0.5) is 0 Å². The molecule has 0 N–H and O–H groups in total. The minimum Gasteiger partial charge on any atom is -0.339 e. The zero-order chi connectivity index (χ0) is 21.5. The van der Waals surface area contributed by atoms with Gasteiger partial charge in [0, 0.05) is 31.6 Å². The summed E-state index contributed by atoms with van der Waals surface area (Å²) in [5.41, 5.74) is 2.68. The van der Waals surface area contributed by atoms with Gasteiger partial charge in [-0.2, -0.15) is 4.31 Å². The van der Waals surface area contributed by atoms with Gasteiger partial charge in [-0.1, -0.05) is 26.8 Å². The van der Waals surface area contributed by atoms with Crippen LogP contribution in [0.3, 0.4) is 0 Å². The molecule has 166 valence electrons. The van der Waals surface area contributed by atoms with Crippen LogP contribution in [0.2, 0.25) is 0 Å². The molecule has 2 heterocycles. The van der Waals surface area contributed by atoms with Gasteiger partial charge in [0.05, 0.1) is 4.90 Å². The summed E-state index contributed by atoms with van der Waals surface area (Å²) in [5.74, 6) is 0.202. The van der Waals surface area contributed by atoms with E-state index < -0.39 is 10.0 Å². The maximum atomic E-state index is 13.2. The molecule has 1 aliphatic carbocycles. The quantitative estimate of drug-likeness (QED) is 0.722. The van der Waals surface area contributed by atoms with Crippen LogP contribution in [0.5, 0.6) is 0 Å². The molecule has 3 aliphatic rings. The maximum Gasteiger partial charge on any atom is 0.243 e. The Balaban J connectivity index is 1.39. The third-order valence-corrected chi connectivity index (χ3v) is 8.91. The zero-order valence-electron chi connectivity index (χ0n) is 18.7. The minimum atomic E-state index is -3.48. The normalized spacial score (nSPS) is 23.7. The van der Waals surface area contributed by atoms with Crippen molar-refractivity contribution in [3.63, 3.8) is 0 Å². The van der Waals surface area contributed by atoms with E-state index in [1.54, 1.807) is 10.4 Å². The minimum absolute atomic E-state index is 0.0444. The first-order valence-electron chi connectivity index (χ1n) is 11.6. The second-order valence-electron chi connectivity index (χ2n) is 10.6. The van der Waals surface area contributed by atoms with Gasteiger partial charge in [-0.05, 0) is 80.0 Å². The van der Waals surface area contributed by atoms with Gasteiger partial charge in [-0.15, -0.1) is 0 Å². The van der Waals surface area contributed by atoms with Crippen molar-refractivity contribution in [1.82, 2.24) is 9.21 Å². The van der Waals surface area contributed by atoms with E-state index in [-0.39, 0.29) is 17.2 Å². The van der Waals surface area contributed by atoms with Crippen molar-refractivity contribution in [3.8, 4) is 0 Å². The molecule has 1 unspecified atom stereocenters. The number of likely N-dealkylation sites (tertiary alicyclic amines) is 1. The standard InChI is InChI=1S/C24H36N2O3S/c1-24(2,3)17-21-8-5-13-26(21)23(27)19-11-14-25(15-12-19)30(28,29)22-10-9-18-6-4-7-20(18)16-22/h9-10,16,19,21H,4-8,11-15,17H2,1-3H3. The van der Waals surface area contributed by atoms with Crippen LogP contribution in [0.25, 0.3) is 0 Å². The van der Waals surface area contributed by atoms with Crippen LogP contribution in [0, 0.1) is 11.3 Å². The number of hydrogen-bond acceptors (Lipinski definition) is 3. The molecule has 0 spiro atoms. The van der Waals surface area contributed by atoms with Crippen molar-refractivity contribution < 1.29 is 13.2 Å². The molecule has 2 saturated heterocycles. The van der Waals surface area contributed by atoms with E-state index in [1.165, 1.54) is 11.1 Å². The summed E-state index contributed by atoms with van der Waals surface area (Å²) in [4.78, 5) is 15.7. The zero-order valence-corrected chi connectivity index (χ0v) is 19.5. The Morgan fingerprint density at radius 1 is 1.00 bits per heavy atom. The first-order valence-corrected chi connectivity index (χ1v) is 13.0. The number of hydrogen-bond donors (Lipinski definition) is 0. The number of amides is 1. The van der Waals surface area contributed by atoms with Crippen LogP contribution in [-0.4, -0.2) is 49.2 Å². The smallest absolute Gasteiger partial charge is 0.243 e. The van der Waals surface area contributed by atoms with Crippen molar-refractivity contribution in [3.05, 3.63) is 29.3 Å². The fraction of sp³-hybridized carbons (Fsp3) is 0.708. The Labute approximate surface area is 181 Å². The number of carbonyl (C=O) groups is 1. The lowest BCUT2D eigenvalue weighted by Crippen LogP contribution is -2.46. The number of sulfonamides is 1. The summed E-state index contributed by atoms with van der Waals surface area (Å²) in [6.07, 6.45) is 7.59. The molecular formula is C24H36N2O3S. The predicted octanol–water partition coefficient (Wildman–Crippen LogP) is 4.00. The monoisotopic (exact) mass is 432 g/mol. The van der Waals surface area contributed by atoms with Gasteiger partial charge in [0.25, 0.3) is 0 Å². The molecule has 1 atom stereocenters. The van der Waals surface area contributed by atoms with Crippen LogP contribution in [0.1, 0.15) is 70.4 Å². The molecule has 4 rings (SSSR count). The van der Waals surface area contributed by atoms with E-state index >= 15 is 0 Å². The summed E-state index contributed by atoms with van der Waals surface area (Å²) in [6.45, 7) is 8.43. The Kier molecular flexibility index (Phi) is 6.01. The van der Waals surface area contributed by atoms with Crippen LogP contribution in [0.15, 0.2) is 23.1 Å². The van der Waals surface area contributed by atoms with Gasteiger partial charge in [-0.3, -0.25) is 4.79 Å². The highest BCUT2D eigenvalue weighted by Gasteiger charge is 2.38. The molecule has 1 aromatic rings. The Hall–Kier alpha value is -1.40. The van der Waals surface area contributed by atoms with Crippen molar-refractivity contribution in [2.24, 2.45) is 11.3 Å². The lowest BCUT2D eigenvalue weighted by molar-refractivity contribution is -0.138. The maximum absolute atomic E-state index is 13.2. The molecule has 0 aromatic heterocycles. The van der Waals surface area contributed by atoms with E-state index in [4.69, 9.17) is 0 Å². The van der Waals surface area contributed by atoms with E-state index in [0.717, 1.165) is 45.1 Å².